The zero-order chi connectivity index (χ0) is 22.2. The molecule has 1 N–H and O–H groups in total. The van der Waals surface area contributed by atoms with Gasteiger partial charge in [-0.25, -0.2) is 4.98 Å². The van der Waals surface area contributed by atoms with Crippen LogP contribution < -0.4 is 5.32 Å². The van der Waals surface area contributed by atoms with Crippen LogP contribution in [0.4, 0.5) is 5.69 Å². The minimum absolute atomic E-state index is 0.187. The molecule has 0 aliphatic rings. The monoisotopic (exact) mass is 427 g/mol. The van der Waals surface area contributed by atoms with Gasteiger partial charge in [-0.1, -0.05) is 30.3 Å². The lowest BCUT2D eigenvalue weighted by Crippen LogP contribution is -2.13. The van der Waals surface area contributed by atoms with Gasteiger partial charge in [0.05, 0.1) is 36.6 Å². The highest BCUT2D eigenvalue weighted by Gasteiger charge is 2.14. The highest BCUT2D eigenvalue weighted by Crippen LogP contribution is 2.25. The van der Waals surface area contributed by atoms with Crippen LogP contribution in [0, 0.1) is 0 Å². The first-order chi connectivity index (χ1) is 15.7. The molecule has 1 amide bonds. The van der Waals surface area contributed by atoms with Gasteiger partial charge in [-0.3, -0.25) is 9.78 Å². The lowest BCUT2D eigenvalue weighted by atomic mass is 10.0. The van der Waals surface area contributed by atoms with Crippen LogP contribution in [0.15, 0.2) is 79.1 Å². The number of nitrogens with one attached hydrogen (secondary N) is 1. The van der Waals surface area contributed by atoms with E-state index >= 15 is 0 Å². The number of hydrogen-bond acceptors (Lipinski definition) is 5. The molecular formula is C26H25N3O3. The van der Waals surface area contributed by atoms with Crippen molar-refractivity contribution < 1.29 is 14.3 Å². The smallest absolute Gasteiger partial charge is 0.256 e. The van der Waals surface area contributed by atoms with Crippen molar-refractivity contribution in [3.8, 4) is 11.3 Å². The van der Waals surface area contributed by atoms with Crippen LogP contribution >= 0.6 is 0 Å². The van der Waals surface area contributed by atoms with Crippen molar-refractivity contribution in [3.05, 3.63) is 90.3 Å². The molecule has 0 fully saturated rings. The normalized spacial score (nSPS) is 10.9. The van der Waals surface area contributed by atoms with Gasteiger partial charge < -0.3 is 14.8 Å². The first kappa shape index (κ1) is 21.6. The Bertz CT molecular complexity index is 1200. The Morgan fingerprint density at radius 1 is 0.938 bits per heavy atom. The molecule has 0 saturated heterocycles. The van der Waals surface area contributed by atoms with Gasteiger partial charge in [0, 0.05) is 35.6 Å². The van der Waals surface area contributed by atoms with Crippen molar-refractivity contribution in [2.24, 2.45) is 0 Å². The Kier molecular flexibility index (Phi) is 7.17. The van der Waals surface area contributed by atoms with Crippen LogP contribution in [-0.2, 0) is 16.1 Å². The number of hydrogen-bond donors (Lipinski definition) is 1. The van der Waals surface area contributed by atoms with E-state index in [1.54, 1.807) is 12.4 Å². The number of ether oxygens (including phenoxy) is 2. The van der Waals surface area contributed by atoms with Crippen molar-refractivity contribution in [1.82, 2.24) is 9.97 Å². The van der Waals surface area contributed by atoms with Crippen LogP contribution in [0.25, 0.3) is 22.2 Å². The molecule has 0 unspecified atom stereocenters. The molecule has 32 heavy (non-hydrogen) atoms. The Hall–Kier alpha value is -3.61. The molecule has 0 radical (unpaired) electrons. The predicted octanol–water partition coefficient (Wildman–Crippen LogP) is 5.10. The van der Waals surface area contributed by atoms with Crippen LogP contribution in [0.2, 0.25) is 0 Å². The van der Waals surface area contributed by atoms with Crippen LogP contribution in [0.5, 0.6) is 0 Å². The molecule has 2 heterocycles. The van der Waals surface area contributed by atoms with Gasteiger partial charge in [0.25, 0.3) is 5.91 Å². The van der Waals surface area contributed by atoms with Gasteiger partial charge in [-0.15, -0.1) is 0 Å². The molecule has 0 atom stereocenters. The molecule has 2 aromatic carbocycles. The minimum Gasteiger partial charge on any atom is -0.379 e. The summed E-state index contributed by atoms with van der Waals surface area (Å²) in [5.74, 6) is -0.187. The van der Waals surface area contributed by atoms with E-state index in [1.165, 1.54) is 0 Å². The van der Waals surface area contributed by atoms with Gasteiger partial charge in [0.15, 0.2) is 0 Å². The lowest BCUT2D eigenvalue weighted by Gasteiger charge is -2.12. The highest BCUT2D eigenvalue weighted by atomic mass is 16.5. The fraction of sp³-hybridized carbons (Fsp3) is 0.192. The molecule has 6 heteroatoms. The third kappa shape index (κ3) is 5.35. The van der Waals surface area contributed by atoms with Gasteiger partial charge in [0.1, 0.15) is 0 Å². The average molecular weight is 428 g/mol. The largest absolute Gasteiger partial charge is 0.379 e. The second-order valence-electron chi connectivity index (χ2n) is 7.21. The number of anilines is 1. The van der Waals surface area contributed by atoms with Crippen LogP contribution in [0.1, 0.15) is 22.8 Å². The number of carbonyl (C=O) groups excluding carboxylic acids is 1. The second kappa shape index (κ2) is 10.6. The van der Waals surface area contributed by atoms with Gasteiger partial charge >= 0.3 is 0 Å². The second-order valence-corrected chi connectivity index (χ2v) is 7.21. The van der Waals surface area contributed by atoms with Gasteiger partial charge in [0.2, 0.25) is 0 Å². The van der Waals surface area contributed by atoms with E-state index in [-0.39, 0.29) is 5.91 Å². The molecule has 2 aromatic heterocycles. The minimum atomic E-state index is -0.187. The number of nitrogens with zero attached hydrogens (tertiary/aromatic N) is 2. The van der Waals surface area contributed by atoms with Crippen LogP contribution in [0.3, 0.4) is 0 Å². The molecule has 6 nitrogen and oxygen atoms in total. The van der Waals surface area contributed by atoms with E-state index in [9.17, 15) is 4.79 Å². The quantitative estimate of drug-likeness (QED) is 0.376. The van der Waals surface area contributed by atoms with E-state index in [2.05, 4.69) is 10.3 Å². The number of rotatable bonds is 9. The summed E-state index contributed by atoms with van der Waals surface area (Å²) in [6, 6.07) is 20.9. The first-order valence-corrected chi connectivity index (χ1v) is 10.6. The maximum Gasteiger partial charge on any atom is 0.256 e. The number of benzene rings is 2. The third-order valence-electron chi connectivity index (χ3n) is 4.97. The number of amides is 1. The van der Waals surface area contributed by atoms with Crippen molar-refractivity contribution >= 4 is 22.5 Å². The van der Waals surface area contributed by atoms with Crippen molar-refractivity contribution in [2.45, 2.75) is 13.5 Å². The molecule has 0 bridgehead atoms. The summed E-state index contributed by atoms with van der Waals surface area (Å²) in [4.78, 5) is 22.1. The first-order valence-electron chi connectivity index (χ1n) is 10.6. The molecule has 162 valence electrons. The van der Waals surface area contributed by atoms with E-state index < -0.39 is 0 Å². The number of fused-ring (bicyclic) bond motifs is 1. The number of para-hydroxylation sites is 1. The summed E-state index contributed by atoms with van der Waals surface area (Å²) in [6.45, 7) is 4.20. The third-order valence-corrected chi connectivity index (χ3v) is 4.97. The lowest BCUT2D eigenvalue weighted by molar-refractivity contribution is 0.0453. The fourth-order valence-electron chi connectivity index (χ4n) is 3.42. The van der Waals surface area contributed by atoms with E-state index in [4.69, 9.17) is 14.5 Å². The average Bonchev–Trinajstić information content (AvgIpc) is 2.84. The number of pyridine rings is 2. The highest BCUT2D eigenvalue weighted by molar-refractivity contribution is 6.13. The molecule has 0 saturated carbocycles. The standard InChI is InChI=1S/C26H25N3O3/c1-2-31-14-15-32-18-19-6-5-7-21(16-19)28-26(30)23-17-25(20-10-12-27-13-11-20)29-24-9-4-3-8-22(23)24/h3-13,16-17H,2,14-15,18H2,1H3,(H,28,30). The molecule has 0 spiro atoms. The molecular weight excluding hydrogens is 402 g/mol. The fourth-order valence-corrected chi connectivity index (χ4v) is 3.42. The van der Waals surface area contributed by atoms with Crippen LogP contribution in [-0.4, -0.2) is 35.7 Å². The Balaban J connectivity index is 1.56. The summed E-state index contributed by atoms with van der Waals surface area (Å²) >= 11 is 0. The SMILES string of the molecule is CCOCCOCc1cccc(NC(=O)c2cc(-c3ccncc3)nc3ccccc23)c1. The maximum absolute atomic E-state index is 13.3. The summed E-state index contributed by atoms with van der Waals surface area (Å²) in [5.41, 5.74) is 4.67. The molecule has 4 rings (SSSR count). The predicted molar refractivity (Wildman–Crippen MR) is 126 cm³/mol. The van der Waals surface area contributed by atoms with E-state index in [1.807, 2.05) is 73.7 Å². The summed E-state index contributed by atoms with van der Waals surface area (Å²) in [7, 11) is 0. The Morgan fingerprint density at radius 3 is 2.59 bits per heavy atom. The summed E-state index contributed by atoms with van der Waals surface area (Å²) in [5, 5.41) is 3.82. The zero-order valence-electron chi connectivity index (χ0n) is 18.0. The van der Waals surface area contributed by atoms with E-state index in [0.29, 0.717) is 37.7 Å². The molecule has 4 aromatic rings. The summed E-state index contributed by atoms with van der Waals surface area (Å²) in [6.07, 6.45) is 3.43. The number of carbonyl (C=O) groups is 1. The van der Waals surface area contributed by atoms with Crippen molar-refractivity contribution in [1.29, 1.82) is 0 Å². The zero-order valence-corrected chi connectivity index (χ0v) is 18.0. The van der Waals surface area contributed by atoms with E-state index in [0.717, 1.165) is 27.7 Å². The van der Waals surface area contributed by atoms with Gasteiger partial charge in [-0.05, 0) is 48.9 Å². The Morgan fingerprint density at radius 2 is 1.75 bits per heavy atom. The number of aromatic nitrogens is 2. The Labute approximate surface area is 187 Å². The van der Waals surface area contributed by atoms with Crippen molar-refractivity contribution in [3.63, 3.8) is 0 Å². The maximum atomic E-state index is 13.3. The molecule has 0 aliphatic heterocycles. The topological polar surface area (TPSA) is 73.3 Å². The van der Waals surface area contributed by atoms with Gasteiger partial charge in [-0.2, -0.15) is 0 Å². The van der Waals surface area contributed by atoms with Crippen molar-refractivity contribution in [2.75, 3.05) is 25.1 Å². The molecule has 0 aliphatic carbocycles. The summed E-state index contributed by atoms with van der Waals surface area (Å²) < 4.78 is 10.9.